The first-order valence-electron chi connectivity index (χ1n) is 5.31. The summed E-state index contributed by atoms with van der Waals surface area (Å²) in [5, 5.41) is 20.5. The zero-order valence-electron chi connectivity index (χ0n) is 9.39. The van der Waals surface area contributed by atoms with Crippen molar-refractivity contribution in [2.24, 2.45) is 0 Å². The van der Waals surface area contributed by atoms with Crippen LogP contribution in [0.15, 0.2) is 53.2 Å². The van der Waals surface area contributed by atoms with E-state index in [1.807, 2.05) is 0 Å². The first-order valence-corrected chi connectivity index (χ1v) is 5.31. The molecule has 2 aromatic rings. The third-order valence-electron chi connectivity index (χ3n) is 2.41. The van der Waals surface area contributed by atoms with Crippen molar-refractivity contribution < 1.29 is 14.4 Å². The number of hydrogen-bond acceptors (Lipinski definition) is 4. The van der Waals surface area contributed by atoms with Crippen molar-refractivity contribution in [1.82, 2.24) is 0 Å². The Hall–Kier alpha value is -2.40. The van der Waals surface area contributed by atoms with Crippen LogP contribution >= 0.6 is 0 Å². The molecule has 5 heteroatoms. The Bertz CT molecular complexity index is 560. The monoisotopic (exact) mass is 245 g/mol. The highest BCUT2D eigenvalue weighted by molar-refractivity contribution is 5.45. The fourth-order valence-corrected chi connectivity index (χ4v) is 1.51. The molecule has 2 rings (SSSR count). The van der Waals surface area contributed by atoms with Crippen molar-refractivity contribution >= 4 is 11.8 Å². The lowest BCUT2D eigenvalue weighted by atomic mass is 10.1. The molecule has 0 radical (unpaired) electrons. The number of aliphatic hydroxyl groups is 1. The first kappa shape index (κ1) is 12.1. The SMILES string of the molecule is O=[N+]([O-])c1cccc(C(O)C=Cc2ccco2)c1. The van der Waals surface area contributed by atoms with Gasteiger partial charge in [0.1, 0.15) is 5.76 Å². The van der Waals surface area contributed by atoms with E-state index in [2.05, 4.69) is 0 Å². The zero-order valence-corrected chi connectivity index (χ0v) is 9.39. The summed E-state index contributed by atoms with van der Waals surface area (Å²) in [6.07, 6.45) is 3.75. The molecular formula is C13H11NO4. The lowest BCUT2D eigenvalue weighted by Crippen LogP contribution is -1.95. The largest absolute Gasteiger partial charge is 0.465 e. The van der Waals surface area contributed by atoms with Gasteiger partial charge in [0.2, 0.25) is 0 Å². The Morgan fingerprint density at radius 1 is 1.33 bits per heavy atom. The van der Waals surface area contributed by atoms with Crippen LogP contribution in [0.25, 0.3) is 6.08 Å². The van der Waals surface area contributed by atoms with Gasteiger partial charge in [0.15, 0.2) is 0 Å². The third kappa shape index (κ3) is 2.83. The summed E-state index contributed by atoms with van der Waals surface area (Å²) in [5.74, 6) is 0.611. The molecule has 0 spiro atoms. The van der Waals surface area contributed by atoms with Crippen LogP contribution in [0.3, 0.4) is 0 Å². The second-order valence-electron chi connectivity index (χ2n) is 3.67. The van der Waals surface area contributed by atoms with E-state index in [4.69, 9.17) is 4.42 Å². The minimum absolute atomic E-state index is 0.0436. The van der Waals surface area contributed by atoms with Gasteiger partial charge in [0.25, 0.3) is 5.69 Å². The summed E-state index contributed by atoms with van der Waals surface area (Å²) in [7, 11) is 0. The molecule has 5 nitrogen and oxygen atoms in total. The number of nitro benzene ring substituents is 1. The van der Waals surface area contributed by atoms with Crippen molar-refractivity contribution in [2.45, 2.75) is 6.10 Å². The van der Waals surface area contributed by atoms with Gasteiger partial charge in [0.05, 0.1) is 17.3 Å². The van der Waals surface area contributed by atoms with E-state index in [1.54, 1.807) is 24.3 Å². The highest BCUT2D eigenvalue weighted by Crippen LogP contribution is 2.20. The number of nitrogens with zero attached hydrogens (tertiary/aromatic N) is 1. The zero-order chi connectivity index (χ0) is 13.0. The minimum atomic E-state index is -0.907. The number of benzene rings is 1. The van der Waals surface area contributed by atoms with Gasteiger partial charge < -0.3 is 9.52 Å². The molecule has 1 aromatic carbocycles. The Morgan fingerprint density at radius 2 is 2.17 bits per heavy atom. The smallest absolute Gasteiger partial charge is 0.269 e. The van der Waals surface area contributed by atoms with Gasteiger partial charge in [-0.15, -0.1) is 0 Å². The normalized spacial score (nSPS) is 12.7. The number of non-ortho nitro benzene ring substituents is 1. The summed E-state index contributed by atoms with van der Waals surface area (Å²) < 4.78 is 5.08. The fourth-order valence-electron chi connectivity index (χ4n) is 1.51. The number of rotatable bonds is 4. The van der Waals surface area contributed by atoms with Crippen LogP contribution in [0.2, 0.25) is 0 Å². The van der Waals surface area contributed by atoms with E-state index in [0.717, 1.165) is 0 Å². The van der Waals surface area contributed by atoms with Crippen molar-refractivity contribution in [3.63, 3.8) is 0 Å². The molecule has 0 saturated heterocycles. The predicted molar refractivity (Wildman–Crippen MR) is 65.8 cm³/mol. The molecule has 0 fully saturated rings. The lowest BCUT2D eigenvalue weighted by Gasteiger charge is -2.04. The summed E-state index contributed by atoms with van der Waals surface area (Å²) in [6, 6.07) is 9.38. The summed E-state index contributed by atoms with van der Waals surface area (Å²) >= 11 is 0. The van der Waals surface area contributed by atoms with Crippen LogP contribution < -0.4 is 0 Å². The van der Waals surface area contributed by atoms with Crippen LogP contribution in [0.1, 0.15) is 17.4 Å². The summed E-state index contributed by atoms with van der Waals surface area (Å²) in [5.41, 5.74) is 0.421. The average Bonchev–Trinajstić information content (AvgIpc) is 2.89. The molecule has 0 aliphatic rings. The fraction of sp³-hybridized carbons (Fsp3) is 0.0769. The topological polar surface area (TPSA) is 76.5 Å². The van der Waals surface area contributed by atoms with E-state index in [0.29, 0.717) is 11.3 Å². The molecular weight excluding hydrogens is 234 g/mol. The predicted octanol–water partition coefficient (Wildman–Crippen LogP) is 2.93. The average molecular weight is 245 g/mol. The van der Waals surface area contributed by atoms with Gasteiger partial charge in [-0.25, -0.2) is 0 Å². The molecule has 92 valence electrons. The molecule has 0 aliphatic carbocycles. The second kappa shape index (κ2) is 5.29. The van der Waals surface area contributed by atoms with Gasteiger partial charge >= 0.3 is 0 Å². The van der Waals surface area contributed by atoms with Crippen molar-refractivity contribution in [2.75, 3.05) is 0 Å². The van der Waals surface area contributed by atoms with E-state index in [1.165, 1.54) is 30.5 Å². The summed E-state index contributed by atoms with van der Waals surface area (Å²) in [6.45, 7) is 0. The van der Waals surface area contributed by atoms with E-state index in [-0.39, 0.29) is 5.69 Å². The molecule has 0 saturated carbocycles. The third-order valence-corrected chi connectivity index (χ3v) is 2.41. The number of hydrogen-bond donors (Lipinski definition) is 1. The molecule has 1 atom stereocenters. The Morgan fingerprint density at radius 3 is 2.83 bits per heavy atom. The van der Waals surface area contributed by atoms with Gasteiger partial charge in [-0.3, -0.25) is 10.1 Å². The summed E-state index contributed by atoms with van der Waals surface area (Å²) in [4.78, 5) is 10.1. The lowest BCUT2D eigenvalue weighted by molar-refractivity contribution is -0.385. The molecule has 1 unspecified atom stereocenters. The highest BCUT2D eigenvalue weighted by atomic mass is 16.6. The minimum Gasteiger partial charge on any atom is -0.465 e. The Kier molecular flexibility index (Phi) is 3.54. The molecule has 0 aliphatic heterocycles. The van der Waals surface area contributed by atoms with E-state index in [9.17, 15) is 15.2 Å². The van der Waals surface area contributed by atoms with Crippen LogP contribution in [-0.2, 0) is 0 Å². The van der Waals surface area contributed by atoms with Crippen LogP contribution in [0, 0.1) is 10.1 Å². The number of aliphatic hydroxyl groups excluding tert-OH is 1. The van der Waals surface area contributed by atoms with Crippen LogP contribution in [0.5, 0.6) is 0 Å². The van der Waals surface area contributed by atoms with Gasteiger partial charge in [-0.2, -0.15) is 0 Å². The van der Waals surface area contributed by atoms with Gasteiger partial charge in [-0.05, 0) is 29.8 Å². The number of furan rings is 1. The molecule has 18 heavy (non-hydrogen) atoms. The molecule has 1 aromatic heterocycles. The molecule has 1 N–H and O–H groups in total. The second-order valence-corrected chi connectivity index (χ2v) is 3.67. The van der Waals surface area contributed by atoms with Crippen LogP contribution in [0.4, 0.5) is 5.69 Å². The molecule has 0 amide bonds. The molecule has 0 bridgehead atoms. The standard InChI is InChI=1S/C13H11NO4/c15-13(7-6-12-5-2-8-18-12)10-3-1-4-11(9-10)14(16)17/h1-9,13,15H. The maximum Gasteiger partial charge on any atom is 0.269 e. The Balaban J connectivity index is 2.16. The Labute approximate surface area is 103 Å². The number of nitro groups is 1. The first-order chi connectivity index (χ1) is 8.66. The maximum atomic E-state index is 10.6. The van der Waals surface area contributed by atoms with Crippen molar-refractivity contribution in [1.29, 1.82) is 0 Å². The highest BCUT2D eigenvalue weighted by Gasteiger charge is 2.09. The van der Waals surface area contributed by atoms with Crippen molar-refractivity contribution in [3.8, 4) is 0 Å². The quantitative estimate of drug-likeness (QED) is 0.663. The van der Waals surface area contributed by atoms with Gasteiger partial charge in [0, 0.05) is 12.1 Å². The maximum absolute atomic E-state index is 10.6. The molecule has 1 heterocycles. The van der Waals surface area contributed by atoms with E-state index >= 15 is 0 Å². The van der Waals surface area contributed by atoms with Crippen molar-refractivity contribution in [3.05, 3.63) is 70.2 Å². The van der Waals surface area contributed by atoms with E-state index < -0.39 is 11.0 Å². The van der Waals surface area contributed by atoms with Crippen LogP contribution in [-0.4, -0.2) is 10.0 Å². The van der Waals surface area contributed by atoms with Gasteiger partial charge in [-0.1, -0.05) is 12.1 Å².